The SMILES string of the molecule is CCSc1cccn2c(C(C)(C)N)ncc12.Cl. The largest absolute Gasteiger partial charge is 0.319 e. The lowest BCUT2D eigenvalue weighted by Crippen LogP contribution is -2.31. The number of hydrogen-bond donors (Lipinski definition) is 1. The summed E-state index contributed by atoms with van der Waals surface area (Å²) in [5.41, 5.74) is 6.83. The van der Waals surface area contributed by atoms with E-state index in [2.05, 4.69) is 22.4 Å². The molecule has 2 heterocycles. The maximum Gasteiger partial charge on any atom is 0.132 e. The van der Waals surface area contributed by atoms with Crippen LogP contribution in [-0.2, 0) is 5.54 Å². The molecule has 17 heavy (non-hydrogen) atoms. The van der Waals surface area contributed by atoms with Crippen LogP contribution in [0.25, 0.3) is 5.52 Å². The molecule has 2 N–H and O–H groups in total. The predicted octanol–water partition coefficient (Wildman–Crippen LogP) is 3.06. The van der Waals surface area contributed by atoms with Crippen LogP contribution in [0.15, 0.2) is 29.4 Å². The second-order valence-corrected chi connectivity index (χ2v) is 5.67. The van der Waals surface area contributed by atoms with Gasteiger partial charge in [-0.15, -0.1) is 24.2 Å². The molecule has 0 fully saturated rings. The molecule has 0 saturated carbocycles. The first-order valence-electron chi connectivity index (χ1n) is 5.42. The number of halogens is 1. The van der Waals surface area contributed by atoms with E-state index >= 15 is 0 Å². The standard InChI is InChI=1S/C12H17N3S.ClH/c1-4-16-10-6-5-7-15-9(10)8-14-11(15)12(2,3)13;/h5-8H,4,13H2,1-3H3;1H. The normalized spacial score (nSPS) is 11.5. The number of hydrogen-bond acceptors (Lipinski definition) is 3. The minimum atomic E-state index is -0.415. The zero-order valence-electron chi connectivity index (χ0n) is 10.3. The molecule has 0 radical (unpaired) electrons. The highest BCUT2D eigenvalue weighted by Gasteiger charge is 2.20. The van der Waals surface area contributed by atoms with Gasteiger partial charge in [0.05, 0.1) is 17.3 Å². The van der Waals surface area contributed by atoms with E-state index in [9.17, 15) is 0 Å². The van der Waals surface area contributed by atoms with E-state index in [-0.39, 0.29) is 12.4 Å². The Hall–Kier alpha value is -0.710. The molecule has 0 aliphatic carbocycles. The Bertz CT molecular complexity index is 502. The van der Waals surface area contributed by atoms with Gasteiger partial charge in [0.25, 0.3) is 0 Å². The van der Waals surface area contributed by atoms with Crippen molar-refractivity contribution in [2.75, 3.05) is 5.75 Å². The molecule has 2 aromatic heterocycles. The van der Waals surface area contributed by atoms with Crippen molar-refractivity contribution in [1.29, 1.82) is 0 Å². The molecule has 0 saturated heterocycles. The van der Waals surface area contributed by atoms with Crippen LogP contribution in [0.5, 0.6) is 0 Å². The van der Waals surface area contributed by atoms with Crippen molar-refractivity contribution in [3.63, 3.8) is 0 Å². The summed E-state index contributed by atoms with van der Waals surface area (Å²) in [6.45, 7) is 6.10. The van der Waals surface area contributed by atoms with Crippen LogP contribution in [0.3, 0.4) is 0 Å². The van der Waals surface area contributed by atoms with E-state index in [1.165, 1.54) is 4.90 Å². The summed E-state index contributed by atoms with van der Waals surface area (Å²) in [5, 5.41) is 0. The van der Waals surface area contributed by atoms with Crippen molar-refractivity contribution in [1.82, 2.24) is 9.38 Å². The van der Waals surface area contributed by atoms with Gasteiger partial charge in [-0.2, -0.15) is 0 Å². The Morgan fingerprint density at radius 2 is 2.18 bits per heavy atom. The topological polar surface area (TPSA) is 43.3 Å². The number of pyridine rings is 1. The van der Waals surface area contributed by atoms with Crippen molar-refractivity contribution >= 4 is 29.7 Å². The van der Waals surface area contributed by atoms with Crippen LogP contribution in [-0.4, -0.2) is 15.1 Å². The first kappa shape index (κ1) is 14.4. The monoisotopic (exact) mass is 271 g/mol. The van der Waals surface area contributed by atoms with Gasteiger partial charge in [0, 0.05) is 11.1 Å². The zero-order valence-corrected chi connectivity index (χ0v) is 11.9. The number of nitrogens with zero attached hydrogens (tertiary/aromatic N) is 2. The first-order chi connectivity index (χ1) is 7.54. The van der Waals surface area contributed by atoms with Crippen LogP contribution >= 0.6 is 24.2 Å². The number of thioether (sulfide) groups is 1. The second-order valence-electron chi connectivity index (χ2n) is 4.36. The lowest BCUT2D eigenvalue weighted by atomic mass is 10.1. The molecule has 0 amide bonds. The fourth-order valence-electron chi connectivity index (χ4n) is 1.75. The van der Waals surface area contributed by atoms with Crippen molar-refractivity contribution in [2.24, 2.45) is 5.73 Å². The third-order valence-electron chi connectivity index (χ3n) is 2.41. The van der Waals surface area contributed by atoms with Gasteiger partial charge in [0.2, 0.25) is 0 Å². The van der Waals surface area contributed by atoms with Crippen molar-refractivity contribution in [3.8, 4) is 0 Å². The molecule has 0 aliphatic rings. The molecule has 2 rings (SSSR count). The third kappa shape index (κ3) is 2.76. The van der Waals surface area contributed by atoms with Crippen molar-refractivity contribution < 1.29 is 0 Å². The van der Waals surface area contributed by atoms with Gasteiger partial charge in [-0.1, -0.05) is 6.92 Å². The minimum absolute atomic E-state index is 0. The lowest BCUT2D eigenvalue weighted by molar-refractivity contribution is 0.511. The van der Waals surface area contributed by atoms with E-state index in [0.29, 0.717) is 0 Å². The quantitative estimate of drug-likeness (QED) is 0.873. The van der Waals surface area contributed by atoms with Crippen LogP contribution in [0.4, 0.5) is 0 Å². The van der Waals surface area contributed by atoms with Gasteiger partial charge in [-0.25, -0.2) is 4.98 Å². The fourth-order valence-corrected chi connectivity index (χ4v) is 2.53. The summed E-state index contributed by atoms with van der Waals surface area (Å²) in [6, 6.07) is 4.17. The van der Waals surface area contributed by atoms with E-state index in [0.717, 1.165) is 17.1 Å². The van der Waals surface area contributed by atoms with Crippen LogP contribution in [0, 0.1) is 0 Å². The van der Waals surface area contributed by atoms with Crippen LogP contribution in [0.2, 0.25) is 0 Å². The van der Waals surface area contributed by atoms with E-state index in [4.69, 9.17) is 5.73 Å². The van der Waals surface area contributed by atoms with Crippen LogP contribution < -0.4 is 5.73 Å². The number of fused-ring (bicyclic) bond motifs is 1. The van der Waals surface area contributed by atoms with E-state index in [1.807, 2.05) is 44.1 Å². The highest BCUT2D eigenvalue weighted by molar-refractivity contribution is 7.99. The van der Waals surface area contributed by atoms with Gasteiger partial charge >= 0.3 is 0 Å². The van der Waals surface area contributed by atoms with Gasteiger partial charge in [0.1, 0.15) is 5.82 Å². The molecule has 94 valence electrons. The summed E-state index contributed by atoms with van der Waals surface area (Å²) >= 11 is 1.83. The second kappa shape index (κ2) is 5.29. The van der Waals surface area contributed by atoms with Crippen LogP contribution in [0.1, 0.15) is 26.6 Å². The minimum Gasteiger partial charge on any atom is -0.319 e. The van der Waals surface area contributed by atoms with Crippen molar-refractivity contribution in [3.05, 3.63) is 30.4 Å². The van der Waals surface area contributed by atoms with Gasteiger partial charge < -0.3 is 10.1 Å². The molecular formula is C12H18ClN3S. The lowest BCUT2D eigenvalue weighted by Gasteiger charge is -2.17. The van der Waals surface area contributed by atoms with Gasteiger partial charge in [-0.05, 0) is 31.7 Å². The first-order valence-corrected chi connectivity index (χ1v) is 6.41. The zero-order chi connectivity index (χ0) is 11.8. The maximum absolute atomic E-state index is 6.10. The molecule has 3 nitrogen and oxygen atoms in total. The molecule has 0 aromatic carbocycles. The Balaban J connectivity index is 0.00000144. The molecule has 5 heteroatoms. The number of nitrogens with two attached hydrogens (primary N) is 1. The smallest absolute Gasteiger partial charge is 0.132 e. The Morgan fingerprint density at radius 1 is 1.47 bits per heavy atom. The van der Waals surface area contributed by atoms with Gasteiger partial charge in [0.15, 0.2) is 0 Å². The third-order valence-corrected chi connectivity index (χ3v) is 3.35. The summed E-state index contributed by atoms with van der Waals surface area (Å²) in [7, 11) is 0. The average molecular weight is 272 g/mol. The predicted molar refractivity (Wildman–Crippen MR) is 76.1 cm³/mol. The molecule has 0 atom stereocenters. The summed E-state index contributed by atoms with van der Waals surface area (Å²) in [5.74, 6) is 1.97. The van der Waals surface area contributed by atoms with Crippen molar-refractivity contribution in [2.45, 2.75) is 31.2 Å². The molecule has 0 spiro atoms. The van der Waals surface area contributed by atoms with Gasteiger partial charge in [-0.3, -0.25) is 0 Å². The maximum atomic E-state index is 6.10. The molecule has 0 aliphatic heterocycles. The average Bonchev–Trinajstić information content (AvgIpc) is 2.62. The highest BCUT2D eigenvalue weighted by atomic mass is 35.5. The summed E-state index contributed by atoms with van der Waals surface area (Å²) in [6.07, 6.45) is 3.92. The Labute approximate surface area is 112 Å². The molecule has 0 bridgehead atoms. The highest BCUT2D eigenvalue weighted by Crippen LogP contribution is 2.26. The molecule has 2 aromatic rings. The fraction of sp³-hybridized carbons (Fsp3) is 0.417. The number of rotatable bonds is 3. The molecule has 0 unspecified atom stereocenters. The Kier molecular flexibility index (Phi) is 4.47. The number of imidazole rings is 1. The summed E-state index contributed by atoms with van der Waals surface area (Å²) < 4.78 is 2.08. The Morgan fingerprint density at radius 3 is 2.76 bits per heavy atom. The molecular weight excluding hydrogens is 254 g/mol. The summed E-state index contributed by atoms with van der Waals surface area (Å²) in [4.78, 5) is 5.69. The van der Waals surface area contributed by atoms with E-state index in [1.54, 1.807) is 0 Å². The number of aromatic nitrogens is 2. The van der Waals surface area contributed by atoms with E-state index < -0.39 is 5.54 Å².